The van der Waals surface area contributed by atoms with Gasteiger partial charge in [0.15, 0.2) is 0 Å². The highest BCUT2D eigenvalue weighted by Gasteiger charge is 2.28. The molecule has 5 rings (SSSR count). The van der Waals surface area contributed by atoms with Crippen LogP contribution in [0.4, 0.5) is 0 Å². The van der Waals surface area contributed by atoms with Crippen LogP contribution in [0, 0.1) is 5.92 Å². The zero-order valence-corrected chi connectivity index (χ0v) is 24.7. The molecule has 7 nitrogen and oxygen atoms in total. The van der Waals surface area contributed by atoms with Gasteiger partial charge in [0.1, 0.15) is 6.04 Å². The number of hydrogen-bond donors (Lipinski definition) is 4. The molecule has 42 heavy (non-hydrogen) atoms. The summed E-state index contributed by atoms with van der Waals surface area (Å²) in [5, 5.41) is 13.1. The lowest BCUT2D eigenvalue weighted by Crippen LogP contribution is -2.53. The Morgan fingerprint density at radius 1 is 0.929 bits per heavy atom. The molecule has 2 atom stereocenters. The van der Waals surface area contributed by atoms with Crippen LogP contribution in [0.5, 0.6) is 0 Å². The molecule has 2 unspecified atom stereocenters. The number of fused-ring (bicyclic) bond motifs is 2. The van der Waals surface area contributed by atoms with E-state index in [-0.39, 0.29) is 23.8 Å². The van der Waals surface area contributed by atoms with Gasteiger partial charge in [-0.25, -0.2) is 0 Å². The van der Waals surface area contributed by atoms with Gasteiger partial charge in [-0.15, -0.1) is 0 Å². The number of carbonyl (C=O) groups excluding carboxylic acids is 2. The van der Waals surface area contributed by atoms with Gasteiger partial charge < -0.3 is 25.7 Å². The average molecular weight is 569 g/mol. The Bertz CT molecular complexity index is 1460. The zero-order chi connectivity index (χ0) is 29.1. The number of rotatable bonds is 14. The number of hydrogen-bond acceptors (Lipinski definition) is 4. The third kappa shape index (κ3) is 7.99. The Morgan fingerprint density at radius 3 is 2.55 bits per heavy atom. The van der Waals surface area contributed by atoms with E-state index >= 15 is 0 Å². The zero-order valence-electron chi connectivity index (χ0n) is 24.7. The third-order valence-electron chi connectivity index (χ3n) is 8.30. The van der Waals surface area contributed by atoms with Gasteiger partial charge >= 0.3 is 0 Å². The molecule has 1 saturated heterocycles. The molecule has 0 spiro atoms. The van der Waals surface area contributed by atoms with E-state index in [9.17, 15) is 9.59 Å². The van der Waals surface area contributed by atoms with Crippen LogP contribution in [0.15, 0.2) is 72.9 Å². The molecule has 4 aromatic rings. The second-order valence-corrected chi connectivity index (χ2v) is 11.5. The lowest BCUT2D eigenvalue weighted by atomic mass is 9.95. The number of ether oxygens (including phenoxy) is 1. The maximum Gasteiger partial charge on any atom is 0.243 e. The molecule has 2 heterocycles. The topological polar surface area (TPSA) is 95.2 Å². The van der Waals surface area contributed by atoms with Crippen LogP contribution >= 0.6 is 0 Å². The summed E-state index contributed by atoms with van der Waals surface area (Å²) < 4.78 is 6.06. The maximum atomic E-state index is 14.0. The SMILES string of the molecule is CCCCCOCC(Cc1c[nH]c2ccccc12)NC(=O)C(Cc1ccc2ccccc2c1)NC(=O)C1CCNCC1. The van der Waals surface area contributed by atoms with Crippen molar-refractivity contribution in [3.8, 4) is 0 Å². The summed E-state index contributed by atoms with van der Waals surface area (Å²) in [6, 6.07) is 21.8. The fourth-order valence-electron chi connectivity index (χ4n) is 5.88. The van der Waals surface area contributed by atoms with Crippen molar-refractivity contribution in [3.63, 3.8) is 0 Å². The first kappa shape index (κ1) is 29.8. The van der Waals surface area contributed by atoms with E-state index in [1.165, 1.54) is 0 Å². The summed E-state index contributed by atoms with van der Waals surface area (Å²) in [5.74, 6) is -0.295. The van der Waals surface area contributed by atoms with Crippen molar-refractivity contribution in [3.05, 3.63) is 84.1 Å². The minimum Gasteiger partial charge on any atom is -0.379 e. The van der Waals surface area contributed by atoms with Crippen molar-refractivity contribution in [2.75, 3.05) is 26.3 Å². The molecule has 222 valence electrons. The molecule has 3 aromatic carbocycles. The number of H-pyrrole nitrogens is 1. The van der Waals surface area contributed by atoms with E-state index in [0.717, 1.165) is 78.0 Å². The highest BCUT2D eigenvalue weighted by atomic mass is 16.5. The molecular formula is C35H44N4O3. The van der Waals surface area contributed by atoms with Crippen LogP contribution in [0.3, 0.4) is 0 Å². The monoisotopic (exact) mass is 568 g/mol. The molecule has 4 N–H and O–H groups in total. The summed E-state index contributed by atoms with van der Waals surface area (Å²) in [4.78, 5) is 30.6. The standard InChI is InChI=1S/C35H44N4O3/c1-2-3-8-19-42-24-30(22-29-23-37-32-12-7-6-11-31(29)32)38-35(41)33(39-34(40)27-15-17-36-18-16-27)21-25-13-14-26-9-4-5-10-28(26)20-25/h4-7,9-14,20,23,27,30,33,36-37H,2-3,8,15-19,21-22,24H2,1H3,(H,38,41)(H,39,40). The van der Waals surface area contributed by atoms with Crippen LogP contribution in [-0.4, -0.2) is 55.2 Å². The van der Waals surface area contributed by atoms with Crippen LogP contribution in [0.2, 0.25) is 0 Å². The third-order valence-corrected chi connectivity index (χ3v) is 8.30. The van der Waals surface area contributed by atoms with Gasteiger partial charge in [-0.2, -0.15) is 0 Å². The Labute approximate surface area is 248 Å². The molecule has 7 heteroatoms. The normalized spacial score (nSPS) is 15.5. The van der Waals surface area contributed by atoms with E-state index < -0.39 is 6.04 Å². The quantitative estimate of drug-likeness (QED) is 0.156. The summed E-state index contributed by atoms with van der Waals surface area (Å²) >= 11 is 0. The molecule has 1 aliphatic rings. The minimum absolute atomic E-state index is 0.0403. The van der Waals surface area contributed by atoms with Crippen LogP contribution in [0.25, 0.3) is 21.7 Å². The predicted octanol–water partition coefficient (Wildman–Crippen LogP) is 5.28. The second-order valence-electron chi connectivity index (χ2n) is 11.5. The van der Waals surface area contributed by atoms with Crippen molar-refractivity contribution in [1.29, 1.82) is 0 Å². The van der Waals surface area contributed by atoms with Gasteiger partial charge in [-0.1, -0.05) is 80.4 Å². The largest absolute Gasteiger partial charge is 0.379 e. The number of aromatic amines is 1. The minimum atomic E-state index is -0.681. The van der Waals surface area contributed by atoms with Crippen LogP contribution in [0.1, 0.15) is 50.2 Å². The molecule has 0 aliphatic carbocycles. The van der Waals surface area contributed by atoms with E-state index in [4.69, 9.17) is 4.74 Å². The van der Waals surface area contributed by atoms with Crippen molar-refractivity contribution in [1.82, 2.24) is 20.9 Å². The fourth-order valence-corrected chi connectivity index (χ4v) is 5.88. The molecule has 0 bridgehead atoms. The Balaban J connectivity index is 1.34. The number of aromatic nitrogens is 1. The number of unbranched alkanes of at least 4 members (excludes halogenated alkanes) is 2. The molecule has 2 amide bonds. The first-order valence-electron chi connectivity index (χ1n) is 15.5. The maximum absolute atomic E-state index is 14.0. The Hall–Kier alpha value is -3.68. The number of nitrogens with one attached hydrogen (secondary N) is 4. The summed E-state index contributed by atoms with van der Waals surface area (Å²) in [6.45, 7) is 4.90. The lowest BCUT2D eigenvalue weighted by molar-refractivity contribution is -0.132. The highest BCUT2D eigenvalue weighted by Crippen LogP contribution is 2.21. The number of amides is 2. The first-order chi connectivity index (χ1) is 20.6. The van der Waals surface area contributed by atoms with Gasteiger partial charge in [-0.3, -0.25) is 9.59 Å². The summed E-state index contributed by atoms with van der Waals surface area (Å²) in [7, 11) is 0. The van der Waals surface area contributed by atoms with Gasteiger partial charge in [0.2, 0.25) is 11.8 Å². The van der Waals surface area contributed by atoms with Crippen molar-refractivity contribution in [2.24, 2.45) is 5.92 Å². The van der Waals surface area contributed by atoms with E-state index in [0.29, 0.717) is 26.1 Å². The smallest absolute Gasteiger partial charge is 0.243 e. The summed E-state index contributed by atoms with van der Waals surface area (Å²) in [6.07, 6.45) is 7.89. The van der Waals surface area contributed by atoms with Gasteiger partial charge in [0.25, 0.3) is 0 Å². The average Bonchev–Trinajstić information content (AvgIpc) is 3.43. The van der Waals surface area contributed by atoms with Crippen molar-refractivity contribution in [2.45, 2.75) is 64.0 Å². The van der Waals surface area contributed by atoms with Crippen molar-refractivity contribution < 1.29 is 14.3 Å². The number of piperidine rings is 1. The predicted molar refractivity (Wildman–Crippen MR) is 169 cm³/mol. The summed E-state index contributed by atoms with van der Waals surface area (Å²) in [5.41, 5.74) is 3.23. The number of para-hydroxylation sites is 1. The van der Waals surface area contributed by atoms with Gasteiger partial charge in [-0.05, 0) is 66.7 Å². The lowest BCUT2D eigenvalue weighted by Gasteiger charge is -2.27. The Kier molecular flexibility index (Phi) is 10.6. The first-order valence-corrected chi connectivity index (χ1v) is 15.5. The second kappa shape index (κ2) is 15.0. The highest BCUT2D eigenvalue weighted by molar-refractivity contribution is 5.90. The number of benzene rings is 3. The van der Waals surface area contributed by atoms with E-state index in [1.807, 2.05) is 30.5 Å². The van der Waals surface area contributed by atoms with Crippen LogP contribution < -0.4 is 16.0 Å². The molecule has 1 aliphatic heterocycles. The van der Waals surface area contributed by atoms with E-state index in [1.54, 1.807) is 0 Å². The van der Waals surface area contributed by atoms with Crippen molar-refractivity contribution >= 4 is 33.5 Å². The molecule has 1 fully saturated rings. The van der Waals surface area contributed by atoms with Gasteiger partial charge in [0, 0.05) is 36.0 Å². The molecule has 1 aromatic heterocycles. The molecule has 0 radical (unpaired) electrons. The van der Waals surface area contributed by atoms with Gasteiger partial charge in [0.05, 0.1) is 12.6 Å². The molecule has 0 saturated carbocycles. The Morgan fingerprint density at radius 2 is 1.71 bits per heavy atom. The number of carbonyl (C=O) groups is 2. The fraction of sp³-hybridized carbons (Fsp3) is 0.429. The molecular weight excluding hydrogens is 524 g/mol. The van der Waals surface area contributed by atoms with E-state index in [2.05, 4.69) is 70.3 Å². The van der Waals surface area contributed by atoms with Crippen LogP contribution in [-0.2, 0) is 27.2 Å².